The van der Waals surface area contributed by atoms with Crippen LogP contribution in [0.25, 0.3) is 0 Å². The zero-order valence-corrected chi connectivity index (χ0v) is 10.6. The van der Waals surface area contributed by atoms with E-state index >= 15 is 0 Å². The number of hydrogen-bond donors (Lipinski definition) is 3. The predicted molar refractivity (Wildman–Crippen MR) is 69.8 cm³/mol. The quantitative estimate of drug-likeness (QED) is 0.749. The lowest BCUT2D eigenvalue weighted by Gasteiger charge is -2.09. The molecule has 5 heteroatoms. The number of anilines is 1. The van der Waals surface area contributed by atoms with Gasteiger partial charge in [-0.05, 0) is 36.6 Å². The van der Waals surface area contributed by atoms with Gasteiger partial charge in [-0.25, -0.2) is 4.79 Å². The Labute approximate surface area is 106 Å². The molecule has 98 valence electrons. The SMILES string of the molecule is CCc1cc(NC(=O)NCCC(=O)O)ccc1C. The summed E-state index contributed by atoms with van der Waals surface area (Å²) in [5.41, 5.74) is 3.08. The topological polar surface area (TPSA) is 78.4 Å². The molecule has 0 bridgehead atoms. The van der Waals surface area contributed by atoms with Crippen LogP contribution in [0, 0.1) is 6.92 Å². The number of benzene rings is 1. The van der Waals surface area contributed by atoms with E-state index < -0.39 is 5.97 Å². The molecule has 0 heterocycles. The van der Waals surface area contributed by atoms with E-state index in [9.17, 15) is 9.59 Å². The van der Waals surface area contributed by atoms with Gasteiger partial charge in [-0.3, -0.25) is 4.79 Å². The molecular weight excluding hydrogens is 232 g/mol. The second kappa shape index (κ2) is 6.64. The Bertz CT molecular complexity index is 444. The Balaban J connectivity index is 2.51. The lowest BCUT2D eigenvalue weighted by molar-refractivity contribution is -0.136. The van der Waals surface area contributed by atoms with E-state index in [0.29, 0.717) is 5.69 Å². The molecule has 1 rings (SSSR count). The van der Waals surface area contributed by atoms with Gasteiger partial charge in [-0.15, -0.1) is 0 Å². The van der Waals surface area contributed by atoms with Crippen LogP contribution < -0.4 is 10.6 Å². The third-order valence-corrected chi connectivity index (χ3v) is 2.61. The van der Waals surface area contributed by atoms with Gasteiger partial charge in [-0.2, -0.15) is 0 Å². The average Bonchev–Trinajstić information content (AvgIpc) is 2.31. The van der Waals surface area contributed by atoms with Gasteiger partial charge in [0.2, 0.25) is 0 Å². The van der Waals surface area contributed by atoms with Crippen molar-refractivity contribution in [3.05, 3.63) is 29.3 Å². The molecule has 0 saturated carbocycles. The van der Waals surface area contributed by atoms with E-state index in [4.69, 9.17) is 5.11 Å². The monoisotopic (exact) mass is 250 g/mol. The first kappa shape index (κ1) is 14.0. The number of nitrogens with one attached hydrogen (secondary N) is 2. The lowest BCUT2D eigenvalue weighted by Crippen LogP contribution is -2.30. The van der Waals surface area contributed by atoms with Crippen molar-refractivity contribution >= 4 is 17.7 Å². The molecule has 2 amide bonds. The van der Waals surface area contributed by atoms with E-state index in [-0.39, 0.29) is 19.0 Å². The Morgan fingerprint density at radius 3 is 2.67 bits per heavy atom. The van der Waals surface area contributed by atoms with Crippen LogP contribution in [0.2, 0.25) is 0 Å². The molecule has 1 aromatic rings. The van der Waals surface area contributed by atoms with Crippen LogP contribution in [-0.2, 0) is 11.2 Å². The number of rotatable bonds is 5. The van der Waals surface area contributed by atoms with Gasteiger partial charge in [-0.1, -0.05) is 13.0 Å². The molecule has 0 spiro atoms. The number of carbonyl (C=O) groups excluding carboxylic acids is 1. The van der Waals surface area contributed by atoms with Gasteiger partial charge < -0.3 is 15.7 Å². The van der Waals surface area contributed by atoms with E-state index in [1.807, 2.05) is 25.1 Å². The number of aliphatic carboxylic acids is 1. The van der Waals surface area contributed by atoms with Crippen LogP contribution in [0.3, 0.4) is 0 Å². The first-order valence-electron chi connectivity index (χ1n) is 5.89. The molecule has 0 saturated heterocycles. The summed E-state index contributed by atoms with van der Waals surface area (Å²) in [4.78, 5) is 21.8. The average molecular weight is 250 g/mol. The zero-order valence-electron chi connectivity index (χ0n) is 10.6. The summed E-state index contributed by atoms with van der Waals surface area (Å²) in [6, 6.07) is 5.31. The van der Waals surface area contributed by atoms with Crippen LogP contribution in [0.15, 0.2) is 18.2 Å². The Kier molecular flexibility index (Phi) is 5.17. The van der Waals surface area contributed by atoms with Crippen LogP contribution >= 0.6 is 0 Å². The Hall–Kier alpha value is -2.04. The summed E-state index contributed by atoms with van der Waals surface area (Å²) >= 11 is 0. The number of carbonyl (C=O) groups is 2. The minimum absolute atomic E-state index is 0.0818. The van der Waals surface area contributed by atoms with Crippen LogP contribution in [0.4, 0.5) is 10.5 Å². The van der Waals surface area contributed by atoms with Crippen molar-refractivity contribution in [3.63, 3.8) is 0 Å². The highest BCUT2D eigenvalue weighted by molar-refractivity contribution is 5.89. The second-order valence-electron chi connectivity index (χ2n) is 4.02. The summed E-state index contributed by atoms with van der Waals surface area (Å²) in [5, 5.41) is 13.6. The van der Waals surface area contributed by atoms with Gasteiger partial charge in [0.05, 0.1) is 6.42 Å². The van der Waals surface area contributed by atoms with Crippen molar-refractivity contribution in [1.82, 2.24) is 5.32 Å². The fraction of sp³-hybridized carbons (Fsp3) is 0.385. The summed E-state index contributed by atoms with van der Waals surface area (Å²) in [6.07, 6.45) is 0.823. The molecule has 3 N–H and O–H groups in total. The van der Waals surface area contributed by atoms with Gasteiger partial charge in [0, 0.05) is 12.2 Å². The van der Waals surface area contributed by atoms with Crippen molar-refractivity contribution in [3.8, 4) is 0 Å². The van der Waals surface area contributed by atoms with E-state index in [1.54, 1.807) is 0 Å². The fourth-order valence-electron chi connectivity index (χ4n) is 1.59. The minimum atomic E-state index is -0.932. The summed E-state index contributed by atoms with van der Waals surface area (Å²) in [5.74, 6) is -0.932. The highest BCUT2D eigenvalue weighted by Gasteiger charge is 2.04. The summed E-state index contributed by atoms with van der Waals surface area (Å²) < 4.78 is 0. The van der Waals surface area contributed by atoms with Crippen molar-refractivity contribution < 1.29 is 14.7 Å². The Morgan fingerprint density at radius 2 is 2.06 bits per heavy atom. The standard InChI is InChI=1S/C13H18N2O3/c1-3-10-8-11(5-4-9(10)2)15-13(18)14-7-6-12(16)17/h4-5,8H,3,6-7H2,1-2H3,(H,16,17)(H2,14,15,18). The largest absolute Gasteiger partial charge is 0.481 e. The molecule has 5 nitrogen and oxygen atoms in total. The van der Waals surface area contributed by atoms with Crippen molar-refractivity contribution in [1.29, 1.82) is 0 Å². The normalized spacial score (nSPS) is 9.89. The predicted octanol–water partition coefficient (Wildman–Crippen LogP) is 2.15. The molecule has 0 aliphatic heterocycles. The second-order valence-corrected chi connectivity index (χ2v) is 4.02. The molecule has 0 unspecified atom stereocenters. The molecule has 0 aliphatic carbocycles. The van der Waals surface area contributed by atoms with Crippen LogP contribution in [0.5, 0.6) is 0 Å². The maximum absolute atomic E-state index is 11.5. The van der Waals surface area contributed by atoms with Gasteiger partial charge in [0.1, 0.15) is 0 Å². The van der Waals surface area contributed by atoms with E-state index in [0.717, 1.165) is 6.42 Å². The molecule has 0 fully saturated rings. The molecule has 18 heavy (non-hydrogen) atoms. The molecule has 0 aliphatic rings. The minimum Gasteiger partial charge on any atom is -0.481 e. The summed E-state index contributed by atoms with van der Waals surface area (Å²) in [6.45, 7) is 4.20. The number of urea groups is 1. The molecule has 0 aromatic heterocycles. The van der Waals surface area contributed by atoms with Gasteiger partial charge >= 0.3 is 12.0 Å². The maximum atomic E-state index is 11.5. The first-order valence-corrected chi connectivity index (χ1v) is 5.89. The van der Waals surface area contributed by atoms with Crippen LogP contribution in [0.1, 0.15) is 24.5 Å². The summed E-state index contributed by atoms with van der Waals surface area (Å²) in [7, 11) is 0. The van der Waals surface area contributed by atoms with E-state index in [2.05, 4.69) is 17.6 Å². The highest BCUT2D eigenvalue weighted by atomic mass is 16.4. The smallest absolute Gasteiger partial charge is 0.319 e. The molecule has 1 aromatic carbocycles. The molecule has 0 radical (unpaired) electrons. The third-order valence-electron chi connectivity index (χ3n) is 2.61. The Morgan fingerprint density at radius 1 is 1.33 bits per heavy atom. The van der Waals surface area contributed by atoms with Crippen molar-refractivity contribution in [2.45, 2.75) is 26.7 Å². The van der Waals surface area contributed by atoms with Crippen molar-refractivity contribution in [2.75, 3.05) is 11.9 Å². The van der Waals surface area contributed by atoms with Gasteiger partial charge in [0.25, 0.3) is 0 Å². The fourth-order valence-corrected chi connectivity index (χ4v) is 1.59. The van der Waals surface area contributed by atoms with E-state index in [1.165, 1.54) is 11.1 Å². The molecule has 0 atom stereocenters. The van der Waals surface area contributed by atoms with Crippen molar-refractivity contribution in [2.24, 2.45) is 0 Å². The molecular formula is C13H18N2O3. The van der Waals surface area contributed by atoms with Gasteiger partial charge in [0.15, 0.2) is 0 Å². The number of aryl methyl sites for hydroxylation is 2. The van der Waals surface area contributed by atoms with Crippen LogP contribution in [-0.4, -0.2) is 23.7 Å². The highest BCUT2D eigenvalue weighted by Crippen LogP contribution is 2.15. The number of amides is 2. The number of carboxylic acids is 1. The number of hydrogen-bond acceptors (Lipinski definition) is 2. The zero-order chi connectivity index (χ0) is 13.5. The maximum Gasteiger partial charge on any atom is 0.319 e. The number of carboxylic acid groups (broad SMARTS) is 1. The third kappa shape index (κ3) is 4.45. The lowest BCUT2D eigenvalue weighted by atomic mass is 10.1. The first-order chi connectivity index (χ1) is 8.52.